The van der Waals surface area contributed by atoms with Crippen LogP contribution in [0.4, 0.5) is 24.5 Å². The molecule has 0 aliphatic rings. The molecule has 2 heterocycles. The fourth-order valence-electron chi connectivity index (χ4n) is 2.86. The first-order valence-corrected chi connectivity index (χ1v) is 11.4. The van der Waals surface area contributed by atoms with Crippen molar-refractivity contribution < 1.29 is 18.0 Å². The Labute approximate surface area is 186 Å². The van der Waals surface area contributed by atoms with Crippen molar-refractivity contribution in [3.63, 3.8) is 0 Å². The zero-order valence-corrected chi connectivity index (χ0v) is 18.6. The molecule has 5 nitrogen and oxygen atoms in total. The SMILES string of the molecule is CCN(CC)c1ccc(NC(=O)CSc2nc(-c3cccs3)cc(C(F)(F)F)n2)cc1. The molecule has 0 spiro atoms. The molecule has 0 aliphatic heterocycles. The number of aromatic nitrogens is 2. The molecular formula is C21H21F3N4OS2. The summed E-state index contributed by atoms with van der Waals surface area (Å²) in [5.74, 6) is -0.456. The summed E-state index contributed by atoms with van der Waals surface area (Å²) < 4.78 is 39.7. The maximum Gasteiger partial charge on any atom is 0.433 e. The number of rotatable bonds is 8. The Bertz CT molecular complexity index is 1000. The van der Waals surface area contributed by atoms with Crippen molar-refractivity contribution >= 4 is 40.4 Å². The van der Waals surface area contributed by atoms with Gasteiger partial charge in [0.25, 0.3) is 0 Å². The topological polar surface area (TPSA) is 58.1 Å². The molecule has 0 aliphatic carbocycles. The van der Waals surface area contributed by atoms with Gasteiger partial charge in [-0.2, -0.15) is 13.2 Å². The molecule has 2 aromatic heterocycles. The van der Waals surface area contributed by atoms with Gasteiger partial charge in [0.1, 0.15) is 5.69 Å². The zero-order chi connectivity index (χ0) is 22.4. The standard InChI is InChI=1S/C21H21F3N4OS2/c1-3-28(4-2)15-9-7-14(8-10-15)25-19(29)13-31-20-26-16(17-6-5-11-30-17)12-18(27-20)21(22,23)24/h5-12H,3-4,13H2,1-2H3,(H,25,29). The lowest BCUT2D eigenvalue weighted by molar-refractivity contribution is -0.141. The molecule has 1 N–H and O–H groups in total. The number of amides is 1. The van der Waals surface area contributed by atoms with Crippen molar-refractivity contribution in [1.82, 2.24) is 9.97 Å². The van der Waals surface area contributed by atoms with Gasteiger partial charge in [0.2, 0.25) is 5.91 Å². The van der Waals surface area contributed by atoms with Gasteiger partial charge in [-0.15, -0.1) is 11.3 Å². The predicted octanol–water partition coefficient (Wildman–Crippen LogP) is 5.80. The van der Waals surface area contributed by atoms with E-state index in [-0.39, 0.29) is 22.5 Å². The monoisotopic (exact) mass is 466 g/mol. The Kier molecular flexibility index (Phi) is 7.55. The molecule has 1 amide bonds. The number of nitrogens with one attached hydrogen (secondary N) is 1. The van der Waals surface area contributed by atoms with Crippen LogP contribution in [-0.4, -0.2) is 34.7 Å². The second kappa shape index (κ2) is 10.1. The number of hydrogen-bond donors (Lipinski definition) is 1. The number of thioether (sulfide) groups is 1. The zero-order valence-electron chi connectivity index (χ0n) is 16.9. The quantitative estimate of drug-likeness (QED) is 0.336. The van der Waals surface area contributed by atoms with Crippen LogP contribution in [-0.2, 0) is 11.0 Å². The van der Waals surface area contributed by atoms with Crippen LogP contribution in [0.2, 0.25) is 0 Å². The number of thiophene rings is 1. The van der Waals surface area contributed by atoms with E-state index >= 15 is 0 Å². The third-order valence-corrected chi connectivity index (χ3v) is 6.12. The van der Waals surface area contributed by atoms with E-state index in [1.165, 1.54) is 11.3 Å². The summed E-state index contributed by atoms with van der Waals surface area (Å²) in [6.07, 6.45) is -4.60. The summed E-state index contributed by atoms with van der Waals surface area (Å²) in [6, 6.07) is 11.8. The van der Waals surface area contributed by atoms with Crippen molar-refractivity contribution in [1.29, 1.82) is 0 Å². The van der Waals surface area contributed by atoms with Gasteiger partial charge >= 0.3 is 6.18 Å². The van der Waals surface area contributed by atoms with E-state index in [4.69, 9.17) is 0 Å². The third-order valence-electron chi connectivity index (χ3n) is 4.38. The summed E-state index contributed by atoms with van der Waals surface area (Å²) in [6.45, 7) is 5.89. The minimum Gasteiger partial charge on any atom is -0.372 e. The van der Waals surface area contributed by atoms with Gasteiger partial charge in [0.15, 0.2) is 5.16 Å². The van der Waals surface area contributed by atoms with E-state index in [9.17, 15) is 18.0 Å². The molecule has 164 valence electrons. The minimum atomic E-state index is -4.60. The first-order valence-electron chi connectivity index (χ1n) is 9.58. The molecule has 3 aromatic rings. The maximum absolute atomic E-state index is 13.2. The molecule has 0 unspecified atom stereocenters. The van der Waals surface area contributed by atoms with Crippen molar-refractivity contribution in [3.05, 3.63) is 53.5 Å². The molecule has 0 fully saturated rings. The van der Waals surface area contributed by atoms with Crippen LogP contribution < -0.4 is 10.2 Å². The third kappa shape index (κ3) is 6.20. The highest BCUT2D eigenvalue weighted by Gasteiger charge is 2.34. The van der Waals surface area contributed by atoms with Gasteiger partial charge in [0, 0.05) is 24.5 Å². The van der Waals surface area contributed by atoms with E-state index < -0.39 is 11.9 Å². The molecule has 0 bridgehead atoms. The molecule has 0 saturated carbocycles. The summed E-state index contributed by atoms with van der Waals surface area (Å²) in [5.41, 5.74) is 0.828. The summed E-state index contributed by atoms with van der Waals surface area (Å²) in [7, 11) is 0. The highest BCUT2D eigenvalue weighted by molar-refractivity contribution is 7.99. The number of nitrogens with zero attached hydrogens (tertiary/aromatic N) is 3. The smallest absolute Gasteiger partial charge is 0.372 e. The fourth-order valence-corrected chi connectivity index (χ4v) is 4.20. The Morgan fingerprint density at radius 2 is 1.84 bits per heavy atom. The normalized spacial score (nSPS) is 11.4. The number of carbonyl (C=O) groups is 1. The average molecular weight is 467 g/mol. The molecule has 3 rings (SSSR count). The van der Waals surface area contributed by atoms with Crippen LogP contribution in [0.3, 0.4) is 0 Å². The highest BCUT2D eigenvalue weighted by Crippen LogP contribution is 2.33. The van der Waals surface area contributed by atoms with E-state index in [0.29, 0.717) is 10.6 Å². The number of benzene rings is 1. The minimum absolute atomic E-state index is 0.0924. The van der Waals surface area contributed by atoms with Gasteiger partial charge in [-0.25, -0.2) is 9.97 Å². The predicted molar refractivity (Wildman–Crippen MR) is 120 cm³/mol. The Morgan fingerprint density at radius 1 is 1.13 bits per heavy atom. The number of hydrogen-bond acceptors (Lipinski definition) is 6. The van der Waals surface area contributed by atoms with Crippen LogP contribution in [0.5, 0.6) is 0 Å². The maximum atomic E-state index is 13.2. The molecule has 10 heteroatoms. The van der Waals surface area contributed by atoms with Crippen LogP contribution in [0.1, 0.15) is 19.5 Å². The number of halogens is 3. The van der Waals surface area contributed by atoms with Gasteiger partial charge in [-0.1, -0.05) is 17.8 Å². The summed E-state index contributed by atoms with van der Waals surface area (Å²) in [5, 5.41) is 4.42. The molecule has 1 aromatic carbocycles. The van der Waals surface area contributed by atoms with E-state index in [1.807, 2.05) is 12.1 Å². The first kappa shape index (κ1) is 23.1. The highest BCUT2D eigenvalue weighted by atomic mass is 32.2. The Morgan fingerprint density at radius 3 is 2.42 bits per heavy atom. The number of carbonyl (C=O) groups excluding carboxylic acids is 1. The van der Waals surface area contributed by atoms with Crippen molar-refractivity contribution in [2.75, 3.05) is 29.1 Å². The lowest BCUT2D eigenvalue weighted by Gasteiger charge is -2.21. The van der Waals surface area contributed by atoms with Crippen LogP contribution >= 0.6 is 23.1 Å². The molecule has 0 atom stereocenters. The summed E-state index contributed by atoms with van der Waals surface area (Å²) >= 11 is 2.15. The van der Waals surface area contributed by atoms with E-state index in [1.54, 1.807) is 29.6 Å². The largest absolute Gasteiger partial charge is 0.433 e. The summed E-state index contributed by atoms with van der Waals surface area (Å²) in [4.78, 5) is 22.9. The van der Waals surface area contributed by atoms with Gasteiger partial charge in [0.05, 0.1) is 16.3 Å². The number of anilines is 2. The van der Waals surface area contributed by atoms with Crippen molar-refractivity contribution in [3.8, 4) is 10.6 Å². The van der Waals surface area contributed by atoms with Gasteiger partial charge < -0.3 is 10.2 Å². The Hall–Kier alpha value is -2.59. The molecule has 0 radical (unpaired) electrons. The second-order valence-electron chi connectivity index (χ2n) is 6.45. The van der Waals surface area contributed by atoms with Crippen molar-refractivity contribution in [2.24, 2.45) is 0 Å². The molecule has 31 heavy (non-hydrogen) atoms. The fraction of sp³-hybridized carbons (Fsp3) is 0.286. The lowest BCUT2D eigenvalue weighted by atomic mass is 10.2. The second-order valence-corrected chi connectivity index (χ2v) is 8.34. The van der Waals surface area contributed by atoms with Gasteiger partial charge in [-0.05, 0) is 55.6 Å². The Balaban J connectivity index is 1.67. The van der Waals surface area contributed by atoms with Crippen LogP contribution in [0.15, 0.2) is 53.0 Å². The average Bonchev–Trinajstić information content (AvgIpc) is 3.28. The molecular weight excluding hydrogens is 445 g/mol. The van der Waals surface area contributed by atoms with Crippen LogP contribution in [0, 0.1) is 0 Å². The lowest BCUT2D eigenvalue weighted by Crippen LogP contribution is -2.21. The van der Waals surface area contributed by atoms with Crippen molar-refractivity contribution in [2.45, 2.75) is 25.2 Å². The van der Waals surface area contributed by atoms with E-state index in [2.05, 4.69) is 34.0 Å². The number of alkyl halides is 3. The molecule has 0 saturated heterocycles. The first-order chi connectivity index (χ1) is 14.8. The van der Waals surface area contributed by atoms with E-state index in [0.717, 1.165) is 36.6 Å². The van der Waals surface area contributed by atoms with Gasteiger partial charge in [-0.3, -0.25) is 4.79 Å². The van der Waals surface area contributed by atoms with Crippen LogP contribution in [0.25, 0.3) is 10.6 Å².